The first-order valence-electron chi connectivity index (χ1n) is 9.47. The lowest BCUT2D eigenvalue weighted by Crippen LogP contribution is -2.52. The molecule has 0 spiro atoms. The van der Waals surface area contributed by atoms with E-state index in [2.05, 4.69) is 4.98 Å². The largest absolute Gasteiger partial charge is 0.480 e. The van der Waals surface area contributed by atoms with Gasteiger partial charge in [0.15, 0.2) is 6.61 Å². The molecule has 0 atom stereocenters. The monoisotopic (exact) mass is 389 g/mol. The van der Waals surface area contributed by atoms with Crippen molar-refractivity contribution >= 4 is 17.7 Å². The predicted octanol–water partition coefficient (Wildman–Crippen LogP) is 2.69. The number of nitrogens with zero attached hydrogens (tertiary/aromatic N) is 3. The maximum atomic E-state index is 12.0. The van der Waals surface area contributed by atoms with Crippen molar-refractivity contribution in [2.24, 2.45) is 5.92 Å². The van der Waals surface area contributed by atoms with E-state index < -0.39 is 11.6 Å². The lowest BCUT2D eigenvalue weighted by Gasteiger charge is -2.39. The number of hydrogen-bond donors (Lipinski definition) is 0. The number of fused-ring (bicyclic) bond motifs is 1. The smallest absolute Gasteiger partial charge is 0.410 e. The number of imidazole rings is 1. The van der Waals surface area contributed by atoms with Crippen LogP contribution in [0.1, 0.15) is 33.4 Å². The molecule has 0 radical (unpaired) electrons. The van der Waals surface area contributed by atoms with Crippen LogP contribution in [0.4, 0.5) is 4.79 Å². The van der Waals surface area contributed by atoms with Crippen molar-refractivity contribution in [3.63, 3.8) is 0 Å². The highest BCUT2D eigenvalue weighted by atomic mass is 16.6. The van der Waals surface area contributed by atoms with Crippen LogP contribution in [-0.4, -0.2) is 58.3 Å². The molecule has 3 rings (SSSR count). The second-order valence-corrected chi connectivity index (χ2v) is 7.91. The number of likely N-dealkylation sites (tertiary alicyclic amines) is 1. The van der Waals surface area contributed by atoms with Crippen LogP contribution >= 0.6 is 0 Å². The Bertz CT molecular complexity index is 849. The van der Waals surface area contributed by atoms with Crippen molar-refractivity contribution in [2.45, 2.75) is 39.7 Å². The van der Waals surface area contributed by atoms with Crippen LogP contribution in [0.2, 0.25) is 0 Å². The average Bonchev–Trinajstić information content (AvgIpc) is 2.96. The Balaban J connectivity index is 1.53. The molecule has 152 valence electrons. The van der Waals surface area contributed by atoms with Crippen molar-refractivity contribution in [2.75, 3.05) is 26.3 Å². The molecule has 1 amide bonds. The highest BCUT2D eigenvalue weighted by Crippen LogP contribution is 2.23. The fraction of sp³-hybridized carbons (Fsp3) is 0.550. The van der Waals surface area contributed by atoms with Gasteiger partial charge in [-0.15, -0.1) is 0 Å². The highest BCUT2D eigenvalue weighted by Gasteiger charge is 2.34. The summed E-state index contributed by atoms with van der Waals surface area (Å²) in [5.41, 5.74) is 1.29. The van der Waals surface area contributed by atoms with E-state index in [1.165, 1.54) is 0 Å². The number of esters is 1. The summed E-state index contributed by atoms with van der Waals surface area (Å²) in [6.45, 7) is 8.91. The summed E-state index contributed by atoms with van der Waals surface area (Å²) in [5, 5.41) is 0. The summed E-state index contributed by atoms with van der Waals surface area (Å²) < 4.78 is 17.6. The second kappa shape index (κ2) is 8.08. The average molecular weight is 389 g/mol. The van der Waals surface area contributed by atoms with Gasteiger partial charge >= 0.3 is 12.1 Å². The molecule has 0 aromatic carbocycles. The van der Waals surface area contributed by atoms with Crippen molar-refractivity contribution in [1.29, 1.82) is 0 Å². The molecule has 1 saturated heterocycles. The van der Waals surface area contributed by atoms with Gasteiger partial charge in [0.25, 0.3) is 0 Å². The fourth-order valence-corrected chi connectivity index (χ4v) is 3.02. The third kappa shape index (κ3) is 5.15. The molecular formula is C20H27N3O5. The molecule has 1 aliphatic heterocycles. The number of pyridine rings is 1. The second-order valence-electron chi connectivity index (χ2n) is 7.91. The molecule has 0 bridgehead atoms. The number of hydrogen-bond acceptors (Lipinski definition) is 6. The van der Waals surface area contributed by atoms with Crippen LogP contribution in [-0.2, 0) is 20.7 Å². The van der Waals surface area contributed by atoms with Crippen molar-refractivity contribution in [3.05, 3.63) is 30.2 Å². The van der Waals surface area contributed by atoms with E-state index in [0.717, 1.165) is 17.8 Å². The molecule has 1 fully saturated rings. The Labute approximate surface area is 164 Å². The van der Waals surface area contributed by atoms with Crippen LogP contribution in [0.25, 0.3) is 5.65 Å². The molecule has 0 aliphatic carbocycles. The lowest BCUT2D eigenvalue weighted by atomic mass is 9.95. The first-order valence-corrected chi connectivity index (χ1v) is 9.47. The minimum absolute atomic E-state index is 0.122. The normalized spacial score (nSPS) is 14.6. The minimum Gasteiger partial charge on any atom is -0.480 e. The maximum Gasteiger partial charge on any atom is 0.410 e. The van der Waals surface area contributed by atoms with Gasteiger partial charge in [-0.1, -0.05) is 0 Å². The fourth-order valence-electron chi connectivity index (χ4n) is 3.02. The van der Waals surface area contributed by atoms with Gasteiger partial charge in [0.2, 0.25) is 0 Å². The van der Waals surface area contributed by atoms with Crippen molar-refractivity contribution in [3.8, 4) is 5.75 Å². The van der Waals surface area contributed by atoms with E-state index in [0.29, 0.717) is 31.4 Å². The summed E-state index contributed by atoms with van der Waals surface area (Å²) in [5.74, 6) is 0.551. The quantitative estimate of drug-likeness (QED) is 0.707. The highest BCUT2D eigenvalue weighted by molar-refractivity contribution is 5.71. The van der Waals surface area contributed by atoms with Gasteiger partial charge in [-0.2, -0.15) is 0 Å². The van der Waals surface area contributed by atoms with Crippen LogP contribution in [0.15, 0.2) is 24.5 Å². The summed E-state index contributed by atoms with van der Waals surface area (Å²) in [6.07, 6.45) is 4.27. The third-order valence-electron chi connectivity index (χ3n) is 4.24. The van der Waals surface area contributed by atoms with E-state index in [1.54, 1.807) is 24.1 Å². The third-order valence-corrected chi connectivity index (χ3v) is 4.24. The summed E-state index contributed by atoms with van der Waals surface area (Å²) in [6, 6.07) is 3.62. The molecular weight excluding hydrogens is 362 g/mol. The van der Waals surface area contributed by atoms with Crippen LogP contribution < -0.4 is 4.74 Å². The van der Waals surface area contributed by atoms with Gasteiger partial charge in [0.1, 0.15) is 17.0 Å². The van der Waals surface area contributed by atoms with Gasteiger partial charge in [-0.3, -0.25) is 0 Å². The summed E-state index contributed by atoms with van der Waals surface area (Å²) >= 11 is 0. The Hall–Kier alpha value is -2.77. The van der Waals surface area contributed by atoms with E-state index in [4.69, 9.17) is 14.2 Å². The SMILES string of the molecule is CCOC(=O)COc1ccc2nc(CC3CN(C(=O)OC(C)(C)C)C3)cn2c1. The standard InChI is InChI=1S/C20H27N3O5/c1-5-26-18(24)13-27-16-6-7-17-21-15(11-22(17)12-16)8-14-9-23(10-14)19(25)28-20(2,3)4/h6-7,11-12,14H,5,8-10,13H2,1-4H3. The number of carbonyl (C=O) groups is 2. The van der Waals surface area contributed by atoms with Gasteiger partial charge in [-0.05, 0) is 52.2 Å². The first-order chi connectivity index (χ1) is 13.2. The van der Waals surface area contributed by atoms with Crippen molar-refractivity contribution < 1.29 is 23.8 Å². The zero-order valence-corrected chi connectivity index (χ0v) is 16.8. The Morgan fingerprint density at radius 1 is 1.21 bits per heavy atom. The Morgan fingerprint density at radius 2 is 1.96 bits per heavy atom. The zero-order valence-electron chi connectivity index (χ0n) is 16.8. The number of amides is 1. The van der Waals surface area contributed by atoms with E-state index >= 15 is 0 Å². The first kappa shape index (κ1) is 20.0. The zero-order chi connectivity index (χ0) is 20.3. The number of ether oxygens (including phenoxy) is 3. The van der Waals surface area contributed by atoms with Crippen LogP contribution in [0.3, 0.4) is 0 Å². The molecule has 28 heavy (non-hydrogen) atoms. The van der Waals surface area contributed by atoms with E-state index in [-0.39, 0.29) is 12.7 Å². The molecule has 3 heterocycles. The summed E-state index contributed by atoms with van der Waals surface area (Å²) in [4.78, 5) is 29.7. The Morgan fingerprint density at radius 3 is 2.64 bits per heavy atom. The molecule has 0 unspecified atom stereocenters. The maximum absolute atomic E-state index is 12.0. The Kier molecular flexibility index (Phi) is 5.76. The molecule has 1 aliphatic rings. The van der Waals surface area contributed by atoms with Crippen LogP contribution in [0.5, 0.6) is 5.75 Å². The molecule has 8 nitrogen and oxygen atoms in total. The van der Waals surface area contributed by atoms with Crippen molar-refractivity contribution in [1.82, 2.24) is 14.3 Å². The van der Waals surface area contributed by atoms with E-state index in [9.17, 15) is 9.59 Å². The topological polar surface area (TPSA) is 82.4 Å². The number of aromatic nitrogens is 2. The molecule has 8 heteroatoms. The molecule has 2 aromatic rings. The van der Waals surface area contributed by atoms with E-state index in [1.807, 2.05) is 37.4 Å². The molecule has 2 aromatic heterocycles. The lowest BCUT2D eigenvalue weighted by molar-refractivity contribution is -0.145. The molecule has 0 saturated carbocycles. The van der Waals surface area contributed by atoms with Gasteiger partial charge in [0, 0.05) is 19.3 Å². The minimum atomic E-state index is -0.475. The van der Waals surface area contributed by atoms with Gasteiger partial charge in [0.05, 0.1) is 18.5 Å². The number of rotatable bonds is 6. The summed E-state index contributed by atoms with van der Waals surface area (Å²) in [7, 11) is 0. The molecule has 0 N–H and O–H groups in total. The van der Waals surface area contributed by atoms with Gasteiger partial charge < -0.3 is 23.5 Å². The predicted molar refractivity (Wildman–Crippen MR) is 102 cm³/mol. The van der Waals surface area contributed by atoms with Gasteiger partial charge in [-0.25, -0.2) is 14.6 Å². The number of carbonyl (C=O) groups excluding carboxylic acids is 2. The van der Waals surface area contributed by atoms with Crippen LogP contribution in [0, 0.1) is 5.92 Å².